The van der Waals surface area contributed by atoms with Crippen molar-refractivity contribution >= 4 is 33.5 Å². The van der Waals surface area contributed by atoms with Gasteiger partial charge < -0.3 is 9.64 Å². The molecule has 0 aliphatic heterocycles. The summed E-state index contributed by atoms with van der Waals surface area (Å²) in [5.74, 6) is -1.36. The molecule has 2 rings (SSSR count). The van der Waals surface area contributed by atoms with Crippen molar-refractivity contribution in [2.45, 2.75) is 42.5 Å². The molecule has 0 aromatic heterocycles. The van der Waals surface area contributed by atoms with Gasteiger partial charge in [-0.1, -0.05) is 30.9 Å². The zero-order valence-corrected chi connectivity index (χ0v) is 18.0. The molecule has 29 heavy (non-hydrogen) atoms. The second kappa shape index (κ2) is 9.57. The maximum atomic E-state index is 12.5. The number of ether oxygens (including phenoxy) is 1. The van der Waals surface area contributed by atoms with Crippen molar-refractivity contribution in [3.05, 3.63) is 29.3 Å². The molecule has 1 aromatic rings. The van der Waals surface area contributed by atoms with E-state index in [-0.39, 0.29) is 4.90 Å². The molecular formula is C19H24ClN3O5S. The second-order valence-electron chi connectivity index (χ2n) is 7.03. The fourth-order valence-electron chi connectivity index (χ4n) is 3.24. The van der Waals surface area contributed by atoms with Crippen LogP contribution in [0, 0.1) is 11.3 Å². The highest BCUT2D eigenvalue weighted by Gasteiger charge is 2.39. The molecule has 1 aliphatic rings. The molecule has 1 aromatic carbocycles. The molecule has 0 radical (unpaired) electrons. The minimum Gasteiger partial charge on any atom is -0.455 e. The Morgan fingerprint density at radius 3 is 2.31 bits per heavy atom. The molecule has 0 N–H and O–H groups in total. The Bertz CT molecular complexity index is 889. The van der Waals surface area contributed by atoms with Crippen LogP contribution in [0.15, 0.2) is 29.2 Å². The lowest BCUT2D eigenvalue weighted by atomic mass is 9.81. The van der Waals surface area contributed by atoms with Gasteiger partial charge in [0.1, 0.15) is 12.1 Å². The number of likely N-dealkylation sites (N-methyl/N-ethyl adjacent to an activating group) is 2. The second-order valence-corrected chi connectivity index (χ2v) is 9.51. The summed E-state index contributed by atoms with van der Waals surface area (Å²) >= 11 is 5.76. The van der Waals surface area contributed by atoms with Gasteiger partial charge in [0.25, 0.3) is 5.91 Å². The Morgan fingerprint density at radius 1 is 1.17 bits per heavy atom. The average molecular weight is 442 g/mol. The number of carbonyl (C=O) groups is 2. The fraction of sp³-hybridized carbons (Fsp3) is 0.526. The average Bonchev–Trinajstić information content (AvgIpc) is 2.72. The zero-order valence-electron chi connectivity index (χ0n) is 16.4. The number of rotatable bonds is 7. The Hall–Kier alpha value is -2.15. The number of nitrogens with zero attached hydrogens (tertiary/aromatic N) is 3. The summed E-state index contributed by atoms with van der Waals surface area (Å²) in [4.78, 5) is 25.8. The van der Waals surface area contributed by atoms with E-state index in [0.29, 0.717) is 17.9 Å². The third-order valence-corrected chi connectivity index (χ3v) is 7.20. The number of hydrogen-bond donors (Lipinski definition) is 0. The quantitative estimate of drug-likeness (QED) is 0.600. The van der Waals surface area contributed by atoms with Gasteiger partial charge in [0.05, 0.1) is 11.0 Å². The van der Waals surface area contributed by atoms with E-state index >= 15 is 0 Å². The number of hydrogen-bond acceptors (Lipinski definition) is 6. The van der Waals surface area contributed by atoms with Crippen LogP contribution in [0.25, 0.3) is 0 Å². The van der Waals surface area contributed by atoms with E-state index in [2.05, 4.69) is 6.07 Å². The molecule has 0 bridgehead atoms. The van der Waals surface area contributed by atoms with E-state index in [1.807, 2.05) is 0 Å². The largest absolute Gasteiger partial charge is 0.455 e. The highest BCUT2D eigenvalue weighted by atomic mass is 35.5. The van der Waals surface area contributed by atoms with E-state index in [1.165, 1.54) is 43.3 Å². The van der Waals surface area contributed by atoms with E-state index in [0.717, 1.165) is 23.6 Å². The van der Waals surface area contributed by atoms with Crippen LogP contribution in [0.3, 0.4) is 0 Å². The summed E-state index contributed by atoms with van der Waals surface area (Å²) in [5, 5.41) is 9.93. The third kappa shape index (κ3) is 5.47. The van der Waals surface area contributed by atoms with Crippen LogP contribution < -0.4 is 0 Å². The van der Waals surface area contributed by atoms with Crippen molar-refractivity contribution in [2.75, 3.05) is 27.2 Å². The monoisotopic (exact) mass is 441 g/mol. The Labute approximate surface area is 176 Å². The molecule has 0 atom stereocenters. The lowest BCUT2D eigenvalue weighted by molar-refractivity contribution is -0.153. The molecule has 0 unspecified atom stereocenters. The van der Waals surface area contributed by atoms with Crippen molar-refractivity contribution in [1.29, 1.82) is 5.26 Å². The minimum absolute atomic E-state index is 0.0127. The van der Waals surface area contributed by atoms with Crippen molar-refractivity contribution < 1.29 is 22.7 Å². The minimum atomic E-state index is -3.90. The third-order valence-electron chi connectivity index (χ3n) is 5.14. The first-order valence-corrected chi connectivity index (χ1v) is 11.0. The van der Waals surface area contributed by atoms with Crippen molar-refractivity contribution in [1.82, 2.24) is 9.21 Å². The topological polar surface area (TPSA) is 108 Å². The van der Waals surface area contributed by atoms with Crippen LogP contribution in [0.4, 0.5) is 0 Å². The SMILES string of the molecule is CN(C(=O)COC(=O)CN(C)S(=O)(=O)c1ccc(Cl)cc1)C1(C#N)CCCCC1. The number of nitriles is 1. The number of halogens is 1. The molecule has 1 fully saturated rings. The standard InChI is InChI=1S/C19H24ClN3O5S/c1-22(29(26,27)16-8-6-15(20)7-9-16)12-18(25)28-13-17(24)23(2)19(14-21)10-4-3-5-11-19/h6-9H,3-5,10-13H2,1-2H3. The molecule has 10 heteroatoms. The van der Waals surface area contributed by atoms with Gasteiger partial charge >= 0.3 is 5.97 Å². The van der Waals surface area contributed by atoms with Crippen LogP contribution in [0.2, 0.25) is 5.02 Å². The number of carbonyl (C=O) groups excluding carboxylic acids is 2. The van der Waals surface area contributed by atoms with E-state index in [1.54, 1.807) is 0 Å². The lowest BCUT2D eigenvalue weighted by Gasteiger charge is -2.38. The highest BCUT2D eigenvalue weighted by molar-refractivity contribution is 7.89. The molecule has 158 valence electrons. The van der Waals surface area contributed by atoms with Gasteiger partial charge in [-0.05, 0) is 37.1 Å². The molecule has 0 heterocycles. The smallest absolute Gasteiger partial charge is 0.321 e. The number of sulfonamides is 1. The first kappa shape index (κ1) is 23.1. The summed E-state index contributed by atoms with van der Waals surface area (Å²) in [6.07, 6.45) is 3.91. The molecule has 0 saturated heterocycles. The normalized spacial score (nSPS) is 16.1. The molecule has 0 spiro atoms. The molecule has 1 saturated carbocycles. The van der Waals surface area contributed by atoms with Crippen LogP contribution in [0.1, 0.15) is 32.1 Å². The number of esters is 1. The van der Waals surface area contributed by atoms with Gasteiger partial charge in [0.15, 0.2) is 6.61 Å². The van der Waals surface area contributed by atoms with Gasteiger partial charge in [-0.3, -0.25) is 9.59 Å². The van der Waals surface area contributed by atoms with Gasteiger partial charge in [-0.15, -0.1) is 0 Å². The predicted octanol–water partition coefficient (Wildman–Crippen LogP) is 2.19. The maximum absolute atomic E-state index is 12.5. The predicted molar refractivity (Wildman–Crippen MR) is 106 cm³/mol. The molecule has 1 aliphatic carbocycles. The maximum Gasteiger partial charge on any atom is 0.321 e. The van der Waals surface area contributed by atoms with Gasteiger partial charge in [-0.2, -0.15) is 9.57 Å². The Balaban J connectivity index is 1.92. The first-order chi connectivity index (χ1) is 13.6. The number of amides is 1. The van der Waals surface area contributed by atoms with E-state index < -0.39 is 40.6 Å². The van der Waals surface area contributed by atoms with Crippen LogP contribution in [-0.4, -0.2) is 62.3 Å². The Morgan fingerprint density at radius 2 is 1.76 bits per heavy atom. The summed E-state index contributed by atoms with van der Waals surface area (Å²) in [7, 11) is -1.13. The summed E-state index contributed by atoms with van der Waals surface area (Å²) in [6, 6.07) is 7.77. The molecule has 1 amide bonds. The molecular weight excluding hydrogens is 418 g/mol. The number of benzene rings is 1. The van der Waals surface area contributed by atoms with E-state index in [9.17, 15) is 23.3 Å². The summed E-state index contributed by atoms with van der Waals surface area (Å²) < 4.78 is 30.8. The fourth-order valence-corrected chi connectivity index (χ4v) is 4.48. The molecule has 8 nitrogen and oxygen atoms in total. The van der Waals surface area contributed by atoms with Gasteiger partial charge in [-0.25, -0.2) is 8.42 Å². The van der Waals surface area contributed by atoms with Crippen LogP contribution in [-0.2, 0) is 24.3 Å². The van der Waals surface area contributed by atoms with Crippen LogP contribution in [0.5, 0.6) is 0 Å². The summed E-state index contributed by atoms with van der Waals surface area (Å²) in [5.41, 5.74) is -0.879. The van der Waals surface area contributed by atoms with Crippen molar-refractivity contribution in [2.24, 2.45) is 0 Å². The Kier molecular flexibility index (Phi) is 7.63. The highest BCUT2D eigenvalue weighted by Crippen LogP contribution is 2.32. The van der Waals surface area contributed by atoms with Gasteiger partial charge in [0, 0.05) is 19.1 Å². The summed E-state index contributed by atoms with van der Waals surface area (Å²) in [6.45, 7) is -1.10. The first-order valence-electron chi connectivity index (χ1n) is 9.18. The van der Waals surface area contributed by atoms with Crippen molar-refractivity contribution in [3.63, 3.8) is 0 Å². The van der Waals surface area contributed by atoms with Gasteiger partial charge in [0.2, 0.25) is 10.0 Å². The van der Waals surface area contributed by atoms with E-state index in [4.69, 9.17) is 16.3 Å². The van der Waals surface area contributed by atoms with Crippen molar-refractivity contribution in [3.8, 4) is 6.07 Å². The lowest BCUT2D eigenvalue weighted by Crippen LogP contribution is -2.51. The van der Waals surface area contributed by atoms with Crippen LogP contribution >= 0.6 is 11.6 Å². The zero-order chi connectivity index (χ0) is 21.7.